The molecule has 2 rings (SSSR count). The third-order valence-electron chi connectivity index (χ3n) is 6.42. The monoisotopic (exact) mass is 280 g/mol. The summed E-state index contributed by atoms with van der Waals surface area (Å²) in [4.78, 5) is 2.72. The molecule has 2 fully saturated rings. The fraction of sp³-hybridized carbons (Fsp3) is 1.00. The van der Waals surface area contributed by atoms with Crippen molar-refractivity contribution >= 4 is 0 Å². The van der Waals surface area contributed by atoms with E-state index in [2.05, 4.69) is 25.7 Å². The molecular formula is C18H36N2. The Morgan fingerprint density at radius 2 is 1.80 bits per heavy atom. The van der Waals surface area contributed by atoms with Gasteiger partial charge < -0.3 is 5.73 Å². The summed E-state index contributed by atoms with van der Waals surface area (Å²) in [6.45, 7) is 9.67. The van der Waals surface area contributed by atoms with Crippen molar-refractivity contribution in [3.63, 3.8) is 0 Å². The first-order valence-corrected chi connectivity index (χ1v) is 9.12. The van der Waals surface area contributed by atoms with Crippen LogP contribution in [-0.4, -0.2) is 29.6 Å². The van der Waals surface area contributed by atoms with Gasteiger partial charge in [0.1, 0.15) is 0 Å². The molecule has 2 N–H and O–H groups in total. The van der Waals surface area contributed by atoms with E-state index in [-0.39, 0.29) is 5.54 Å². The summed E-state index contributed by atoms with van der Waals surface area (Å²) in [7, 11) is 0. The Morgan fingerprint density at radius 3 is 2.40 bits per heavy atom. The molecule has 0 radical (unpaired) electrons. The van der Waals surface area contributed by atoms with Crippen molar-refractivity contribution in [2.75, 3.05) is 13.1 Å². The van der Waals surface area contributed by atoms with Crippen LogP contribution >= 0.6 is 0 Å². The average molecular weight is 280 g/mol. The van der Waals surface area contributed by atoms with Gasteiger partial charge in [-0.15, -0.1) is 0 Å². The lowest BCUT2D eigenvalue weighted by atomic mass is 9.70. The average Bonchev–Trinajstić information content (AvgIpc) is 2.54. The van der Waals surface area contributed by atoms with Crippen molar-refractivity contribution in [1.29, 1.82) is 0 Å². The third-order valence-corrected chi connectivity index (χ3v) is 6.42. The molecule has 2 heteroatoms. The van der Waals surface area contributed by atoms with Gasteiger partial charge >= 0.3 is 0 Å². The second-order valence-electron chi connectivity index (χ2n) is 7.49. The standard InChI is InChI=1S/C18H36N2/c1-4-15-10-9-11-16(14-15)17(19)18(3,5-2)20-12-7-6-8-13-20/h15-17H,4-14,19H2,1-3H3. The highest BCUT2D eigenvalue weighted by molar-refractivity contribution is 4.99. The molecule has 20 heavy (non-hydrogen) atoms. The Morgan fingerprint density at radius 1 is 1.10 bits per heavy atom. The highest BCUT2D eigenvalue weighted by atomic mass is 15.2. The predicted molar refractivity (Wildman–Crippen MR) is 87.8 cm³/mol. The van der Waals surface area contributed by atoms with Crippen molar-refractivity contribution < 1.29 is 0 Å². The van der Waals surface area contributed by atoms with E-state index in [1.165, 1.54) is 70.9 Å². The van der Waals surface area contributed by atoms with Crippen LogP contribution in [0.5, 0.6) is 0 Å². The number of nitrogens with two attached hydrogens (primary N) is 1. The minimum atomic E-state index is 0.223. The lowest BCUT2D eigenvalue weighted by Gasteiger charge is -2.50. The van der Waals surface area contributed by atoms with Crippen LogP contribution in [0.1, 0.15) is 78.6 Å². The molecule has 2 nitrogen and oxygen atoms in total. The highest BCUT2D eigenvalue weighted by Gasteiger charge is 2.41. The van der Waals surface area contributed by atoms with E-state index in [0.717, 1.165) is 11.8 Å². The fourth-order valence-electron chi connectivity index (χ4n) is 4.61. The second-order valence-corrected chi connectivity index (χ2v) is 7.49. The molecule has 4 atom stereocenters. The summed E-state index contributed by atoms with van der Waals surface area (Å²) >= 11 is 0. The van der Waals surface area contributed by atoms with Gasteiger partial charge in [-0.1, -0.05) is 39.5 Å². The van der Waals surface area contributed by atoms with E-state index in [1.807, 2.05) is 0 Å². The van der Waals surface area contributed by atoms with Gasteiger partial charge in [0.15, 0.2) is 0 Å². The van der Waals surface area contributed by atoms with Gasteiger partial charge in [0, 0.05) is 11.6 Å². The van der Waals surface area contributed by atoms with Crippen LogP contribution in [0.2, 0.25) is 0 Å². The van der Waals surface area contributed by atoms with Crippen LogP contribution < -0.4 is 5.73 Å². The van der Waals surface area contributed by atoms with E-state index < -0.39 is 0 Å². The summed E-state index contributed by atoms with van der Waals surface area (Å²) < 4.78 is 0. The number of piperidine rings is 1. The van der Waals surface area contributed by atoms with Gasteiger partial charge in [-0.25, -0.2) is 0 Å². The minimum absolute atomic E-state index is 0.223. The van der Waals surface area contributed by atoms with Crippen LogP contribution in [0.15, 0.2) is 0 Å². The molecule has 1 aliphatic carbocycles. The summed E-state index contributed by atoms with van der Waals surface area (Å²) in [6.07, 6.45) is 12.3. The Hall–Kier alpha value is -0.0800. The zero-order valence-corrected chi connectivity index (χ0v) is 14.0. The van der Waals surface area contributed by atoms with Crippen LogP contribution in [0.25, 0.3) is 0 Å². The molecule has 1 saturated carbocycles. The summed E-state index contributed by atoms with van der Waals surface area (Å²) in [5, 5.41) is 0. The Kier molecular flexibility index (Phi) is 5.92. The number of nitrogens with zero attached hydrogens (tertiary/aromatic N) is 1. The number of likely N-dealkylation sites (tertiary alicyclic amines) is 1. The van der Waals surface area contributed by atoms with Crippen LogP contribution in [-0.2, 0) is 0 Å². The molecule has 0 spiro atoms. The van der Waals surface area contributed by atoms with E-state index in [9.17, 15) is 0 Å². The van der Waals surface area contributed by atoms with Crippen LogP contribution in [0.4, 0.5) is 0 Å². The second kappa shape index (κ2) is 7.26. The van der Waals surface area contributed by atoms with Gasteiger partial charge in [-0.3, -0.25) is 4.90 Å². The van der Waals surface area contributed by atoms with Crippen LogP contribution in [0.3, 0.4) is 0 Å². The largest absolute Gasteiger partial charge is 0.326 e. The molecule has 4 unspecified atom stereocenters. The summed E-state index contributed by atoms with van der Waals surface area (Å²) in [6, 6.07) is 0.361. The summed E-state index contributed by atoms with van der Waals surface area (Å²) in [5.74, 6) is 1.68. The highest BCUT2D eigenvalue weighted by Crippen LogP contribution is 2.38. The Balaban J connectivity index is 2.04. The molecule has 0 bridgehead atoms. The molecule has 2 aliphatic rings. The maximum Gasteiger partial charge on any atom is 0.0332 e. The molecule has 0 amide bonds. The van der Waals surface area contributed by atoms with E-state index in [0.29, 0.717) is 6.04 Å². The smallest absolute Gasteiger partial charge is 0.0332 e. The normalized spacial score (nSPS) is 33.6. The minimum Gasteiger partial charge on any atom is -0.326 e. The first-order chi connectivity index (χ1) is 9.61. The zero-order valence-electron chi connectivity index (χ0n) is 14.0. The molecule has 1 saturated heterocycles. The molecule has 1 heterocycles. The first-order valence-electron chi connectivity index (χ1n) is 9.12. The van der Waals surface area contributed by atoms with Gasteiger partial charge in [0.2, 0.25) is 0 Å². The molecule has 0 aromatic heterocycles. The molecule has 0 aromatic carbocycles. The zero-order chi connectivity index (χ0) is 14.6. The van der Waals surface area contributed by atoms with Gasteiger partial charge in [-0.2, -0.15) is 0 Å². The SMILES string of the molecule is CCC1CCCC(C(N)C(C)(CC)N2CCCCC2)C1. The third kappa shape index (κ3) is 3.39. The molecular weight excluding hydrogens is 244 g/mol. The van der Waals surface area contributed by atoms with Crippen molar-refractivity contribution in [3.8, 4) is 0 Å². The number of hydrogen-bond acceptors (Lipinski definition) is 2. The lowest BCUT2D eigenvalue weighted by Crippen LogP contribution is -2.61. The topological polar surface area (TPSA) is 29.3 Å². The fourth-order valence-corrected chi connectivity index (χ4v) is 4.61. The van der Waals surface area contributed by atoms with E-state index in [1.54, 1.807) is 0 Å². The van der Waals surface area contributed by atoms with Gasteiger partial charge in [0.05, 0.1) is 0 Å². The quantitative estimate of drug-likeness (QED) is 0.818. The van der Waals surface area contributed by atoms with Crippen molar-refractivity contribution in [2.45, 2.75) is 90.1 Å². The number of rotatable bonds is 5. The Bertz CT molecular complexity index is 285. The number of hydrogen-bond donors (Lipinski definition) is 1. The maximum atomic E-state index is 6.84. The van der Waals surface area contributed by atoms with E-state index >= 15 is 0 Å². The molecule has 0 aromatic rings. The van der Waals surface area contributed by atoms with Gasteiger partial charge in [0.25, 0.3) is 0 Å². The summed E-state index contributed by atoms with van der Waals surface area (Å²) in [5.41, 5.74) is 7.07. The molecule has 118 valence electrons. The van der Waals surface area contributed by atoms with Crippen LogP contribution in [0, 0.1) is 11.8 Å². The Labute approximate surface area is 126 Å². The first kappa shape index (κ1) is 16.3. The van der Waals surface area contributed by atoms with E-state index in [4.69, 9.17) is 5.73 Å². The maximum absolute atomic E-state index is 6.84. The van der Waals surface area contributed by atoms with Crippen molar-refractivity contribution in [3.05, 3.63) is 0 Å². The predicted octanol–water partition coefficient (Wildman–Crippen LogP) is 4.18. The lowest BCUT2D eigenvalue weighted by molar-refractivity contribution is 0.0252. The van der Waals surface area contributed by atoms with Gasteiger partial charge in [-0.05, 0) is 64.0 Å². The van der Waals surface area contributed by atoms with Crippen molar-refractivity contribution in [1.82, 2.24) is 4.90 Å². The van der Waals surface area contributed by atoms with Crippen molar-refractivity contribution in [2.24, 2.45) is 17.6 Å². The molecule has 1 aliphatic heterocycles.